The van der Waals surface area contributed by atoms with Gasteiger partial charge in [-0.05, 0) is 54.9 Å². The van der Waals surface area contributed by atoms with Crippen molar-refractivity contribution in [2.24, 2.45) is 5.10 Å². The van der Waals surface area contributed by atoms with Crippen LogP contribution in [0.1, 0.15) is 37.7 Å². The number of nitrogens with zero attached hydrogens (tertiary/aromatic N) is 4. The summed E-state index contributed by atoms with van der Waals surface area (Å²) < 4.78 is 42.3. The summed E-state index contributed by atoms with van der Waals surface area (Å²) in [6.07, 6.45) is 4.45. The Balaban J connectivity index is 1.32. The van der Waals surface area contributed by atoms with Gasteiger partial charge in [0.1, 0.15) is 12.1 Å². The Labute approximate surface area is 200 Å². The van der Waals surface area contributed by atoms with E-state index in [0.29, 0.717) is 22.7 Å². The minimum Gasteiger partial charge on any atom is -0.406 e. The number of benzene rings is 2. The molecule has 0 radical (unpaired) electrons. The van der Waals surface area contributed by atoms with Crippen molar-refractivity contribution in [2.75, 3.05) is 0 Å². The molecule has 1 heterocycles. The second-order valence-corrected chi connectivity index (χ2v) is 8.26. The monoisotopic (exact) mass is 488 g/mol. The van der Waals surface area contributed by atoms with Crippen molar-refractivity contribution < 1.29 is 17.9 Å². The van der Waals surface area contributed by atoms with Crippen molar-refractivity contribution in [1.29, 1.82) is 0 Å². The Morgan fingerprint density at radius 1 is 1.06 bits per heavy atom. The number of hydrogen-bond donors (Lipinski definition) is 2. The van der Waals surface area contributed by atoms with E-state index < -0.39 is 6.36 Å². The average molecular weight is 489 g/mol. The first-order chi connectivity index (χ1) is 16.4. The molecule has 0 unspecified atom stereocenters. The molecule has 34 heavy (non-hydrogen) atoms. The van der Waals surface area contributed by atoms with Crippen molar-refractivity contribution in [3.63, 3.8) is 0 Å². The number of aromatic nitrogens is 3. The number of ether oxygens (including phenoxy) is 1. The maximum absolute atomic E-state index is 12.3. The lowest BCUT2D eigenvalue weighted by Crippen LogP contribution is -2.40. The minimum atomic E-state index is -4.73. The summed E-state index contributed by atoms with van der Waals surface area (Å²) in [5.41, 5.74) is 5.07. The molecule has 2 N–H and O–H groups in total. The molecule has 178 valence electrons. The third kappa shape index (κ3) is 6.77. The number of hydrazone groups is 1. The second kappa shape index (κ2) is 10.6. The van der Waals surface area contributed by atoms with Gasteiger partial charge >= 0.3 is 6.36 Å². The molecule has 0 spiro atoms. The molecule has 0 amide bonds. The molecule has 1 aliphatic carbocycles. The van der Waals surface area contributed by atoms with Crippen LogP contribution in [0, 0.1) is 0 Å². The lowest BCUT2D eigenvalue weighted by atomic mass is 9.96. The third-order valence-electron chi connectivity index (χ3n) is 5.32. The zero-order valence-corrected chi connectivity index (χ0v) is 18.9. The van der Waals surface area contributed by atoms with Gasteiger partial charge in [-0.15, -0.1) is 18.3 Å². The zero-order valence-electron chi connectivity index (χ0n) is 18.1. The van der Waals surface area contributed by atoms with Crippen LogP contribution in [0.4, 0.5) is 13.2 Å². The zero-order chi connectivity index (χ0) is 24.0. The van der Waals surface area contributed by atoms with Gasteiger partial charge in [-0.2, -0.15) is 5.10 Å². The predicted octanol–water partition coefficient (Wildman–Crippen LogP) is 4.96. The van der Waals surface area contributed by atoms with E-state index in [1.54, 1.807) is 6.21 Å². The van der Waals surface area contributed by atoms with E-state index in [0.717, 1.165) is 24.0 Å². The lowest BCUT2D eigenvalue weighted by molar-refractivity contribution is -0.274. The molecule has 4 rings (SSSR count). The number of hydrogen-bond acceptors (Lipinski definition) is 5. The van der Waals surface area contributed by atoms with Crippen LogP contribution in [0.2, 0.25) is 0 Å². The Bertz CT molecular complexity index is 1120. The Kier molecular flexibility index (Phi) is 7.41. The summed E-state index contributed by atoms with van der Waals surface area (Å²) in [6.45, 7) is 0. The summed E-state index contributed by atoms with van der Waals surface area (Å²) in [5, 5.41) is 12.4. The maximum atomic E-state index is 12.3. The molecule has 0 saturated heterocycles. The van der Waals surface area contributed by atoms with Gasteiger partial charge in [-0.25, -0.2) is 9.67 Å². The first-order valence-corrected chi connectivity index (χ1v) is 11.2. The standard InChI is InChI=1S/C23H23F3N6OS/c24-23(25,26)33-20-12-10-19(11-13-20)32-15-27-21(31-32)17-8-6-16(7-9-17)14-28-30-22(34)29-18-4-2-1-3-5-18/h6-15,18H,1-5H2,(H2,29,30,34). The van der Waals surface area contributed by atoms with E-state index >= 15 is 0 Å². The van der Waals surface area contributed by atoms with E-state index in [9.17, 15) is 13.2 Å². The van der Waals surface area contributed by atoms with Crippen LogP contribution >= 0.6 is 12.2 Å². The summed E-state index contributed by atoms with van der Waals surface area (Å²) in [5.74, 6) is 0.184. The highest BCUT2D eigenvalue weighted by atomic mass is 32.1. The van der Waals surface area contributed by atoms with Crippen LogP contribution in [0.25, 0.3) is 17.1 Å². The van der Waals surface area contributed by atoms with Crippen LogP contribution in [-0.4, -0.2) is 38.5 Å². The highest BCUT2D eigenvalue weighted by Crippen LogP contribution is 2.24. The molecule has 1 saturated carbocycles. The fourth-order valence-corrected chi connectivity index (χ4v) is 3.89. The quantitative estimate of drug-likeness (QED) is 0.290. The molecular weight excluding hydrogens is 465 g/mol. The molecule has 0 atom stereocenters. The van der Waals surface area contributed by atoms with Crippen molar-refractivity contribution in [3.8, 4) is 22.8 Å². The first kappa shape index (κ1) is 23.7. The third-order valence-corrected chi connectivity index (χ3v) is 5.52. The highest BCUT2D eigenvalue weighted by molar-refractivity contribution is 7.80. The summed E-state index contributed by atoms with van der Waals surface area (Å²) in [4.78, 5) is 4.28. The Hall–Kier alpha value is -3.47. The van der Waals surface area contributed by atoms with Gasteiger partial charge in [0.05, 0.1) is 11.9 Å². The van der Waals surface area contributed by atoms with E-state index in [4.69, 9.17) is 12.2 Å². The van der Waals surface area contributed by atoms with E-state index in [-0.39, 0.29) is 5.75 Å². The molecule has 0 aliphatic heterocycles. The van der Waals surface area contributed by atoms with Crippen LogP contribution in [0.15, 0.2) is 60.0 Å². The number of nitrogens with one attached hydrogen (secondary N) is 2. The van der Waals surface area contributed by atoms with Crippen molar-refractivity contribution in [2.45, 2.75) is 44.5 Å². The van der Waals surface area contributed by atoms with Gasteiger partial charge in [0.15, 0.2) is 10.9 Å². The molecule has 1 fully saturated rings. The van der Waals surface area contributed by atoms with Gasteiger partial charge in [-0.3, -0.25) is 5.43 Å². The molecule has 2 aromatic carbocycles. The number of alkyl halides is 3. The average Bonchev–Trinajstić information content (AvgIpc) is 3.30. The smallest absolute Gasteiger partial charge is 0.406 e. The van der Waals surface area contributed by atoms with Crippen LogP contribution in [-0.2, 0) is 0 Å². The lowest BCUT2D eigenvalue weighted by Gasteiger charge is -2.23. The minimum absolute atomic E-state index is 0.297. The second-order valence-electron chi connectivity index (χ2n) is 7.85. The topological polar surface area (TPSA) is 76.4 Å². The maximum Gasteiger partial charge on any atom is 0.573 e. The molecule has 7 nitrogen and oxygen atoms in total. The molecule has 11 heteroatoms. The summed E-state index contributed by atoms with van der Waals surface area (Å²) in [6, 6.07) is 13.3. The van der Waals surface area contributed by atoms with Crippen LogP contribution in [0.3, 0.4) is 0 Å². The SMILES string of the molecule is FC(F)(F)Oc1ccc(-n2cnc(-c3ccc(C=NNC(=S)NC4CCCCC4)cc3)n2)cc1. The van der Waals surface area contributed by atoms with Crippen molar-refractivity contribution in [3.05, 3.63) is 60.4 Å². The van der Waals surface area contributed by atoms with Gasteiger partial charge in [0.2, 0.25) is 0 Å². The molecule has 3 aromatic rings. The summed E-state index contributed by atoms with van der Waals surface area (Å²) >= 11 is 5.30. The largest absolute Gasteiger partial charge is 0.573 e. The normalized spacial score (nSPS) is 14.8. The van der Waals surface area contributed by atoms with Crippen molar-refractivity contribution >= 4 is 23.5 Å². The van der Waals surface area contributed by atoms with Gasteiger partial charge in [0, 0.05) is 11.6 Å². The predicted molar refractivity (Wildman–Crippen MR) is 127 cm³/mol. The van der Waals surface area contributed by atoms with Gasteiger partial charge in [0.25, 0.3) is 0 Å². The number of rotatable bonds is 6. The van der Waals surface area contributed by atoms with Gasteiger partial charge in [-0.1, -0.05) is 43.5 Å². The first-order valence-electron chi connectivity index (χ1n) is 10.8. The van der Waals surface area contributed by atoms with Crippen LogP contribution in [0.5, 0.6) is 5.75 Å². The Morgan fingerprint density at radius 3 is 2.44 bits per heavy atom. The molecule has 1 aromatic heterocycles. The molecular formula is C23H23F3N6OS. The number of halogens is 3. The van der Waals surface area contributed by atoms with E-state index in [2.05, 4.69) is 30.7 Å². The molecule has 0 bridgehead atoms. The number of thiocarbonyl (C=S) groups is 1. The van der Waals surface area contributed by atoms with Crippen molar-refractivity contribution in [1.82, 2.24) is 25.5 Å². The highest BCUT2D eigenvalue weighted by Gasteiger charge is 2.31. The van der Waals surface area contributed by atoms with Gasteiger partial charge < -0.3 is 10.1 Å². The summed E-state index contributed by atoms with van der Waals surface area (Å²) in [7, 11) is 0. The van der Waals surface area contributed by atoms with E-state index in [1.165, 1.54) is 54.5 Å². The van der Waals surface area contributed by atoms with Crippen LogP contribution < -0.4 is 15.5 Å². The fraction of sp³-hybridized carbons (Fsp3) is 0.304. The van der Waals surface area contributed by atoms with E-state index in [1.807, 2.05) is 24.3 Å². The fourth-order valence-electron chi connectivity index (χ4n) is 3.67. The Morgan fingerprint density at radius 2 is 1.76 bits per heavy atom. The molecule has 1 aliphatic rings.